The molecule has 0 aliphatic rings. The van der Waals surface area contributed by atoms with Crippen LogP contribution in [-0.2, 0) is 38.8 Å². The Bertz CT molecular complexity index is 1040. The fraction of sp³-hybridized carbons (Fsp3) is 0.370. The van der Waals surface area contributed by atoms with E-state index in [-0.39, 0.29) is 25.4 Å². The van der Waals surface area contributed by atoms with Gasteiger partial charge in [0.15, 0.2) is 0 Å². The second-order valence-corrected chi connectivity index (χ2v) is 9.14. The van der Waals surface area contributed by atoms with Gasteiger partial charge in [-0.3, -0.25) is 4.79 Å². The minimum absolute atomic E-state index is 0.0938. The van der Waals surface area contributed by atoms with Gasteiger partial charge in [-0.15, -0.1) is 0 Å². The normalized spacial score (nSPS) is 12.2. The van der Waals surface area contributed by atoms with Gasteiger partial charge in [0, 0.05) is 25.7 Å². The van der Waals surface area contributed by atoms with E-state index in [0.717, 1.165) is 17.8 Å². The van der Waals surface area contributed by atoms with Crippen molar-refractivity contribution in [2.75, 3.05) is 0 Å². The smallest absolute Gasteiger partial charge is 0.329 e. The fourth-order valence-electron chi connectivity index (χ4n) is 3.40. The van der Waals surface area contributed by atoms with E-state index in [4.69, 9.17) is 9.47 Å². The average Bonchev–Trinajstić information content (AvgIpc) is 3.26. The molecule has 0 aliphatic heterocycles. The summed E-state index contributed by atoms with van der Waals surface area (Å²) in [5.74, 6) is -0.758. The second-order valence-electron chi connectivity index (χ2n) is 9.14. The maximum atomic E-state index is 12.9. The molecule has 0 spiro atoms. The van der Waals surface area contributed by atoms with Crippen molar-refractivity contribution >= 4 is 11.9 Å². The van der Waals surface area contributed by atoms with Crippen molar-refractivity contribution in [1.29, 1.82) is 0 Å². The van der Waals surface area contributed by atoms with Crippen LogP contribution in [-0.4, -0.2) is 27.1 Å². The Hall–Kier alpha value is -3.45. The largest absolute Gasteiger partial charge is 0.461 e. The highest BCUT2D eigenvalue weighted by Gasteiger charge is 2.27. The molecule has 0 saturated carbocycles. The third kappa shape index (κ3) is 8.48. The van der Waals surface area contributed by atoms with Crippen molar-refractivity contribution in [2.45, 2.75) is 65.0 Å². The van der Waals surface area contributed by atoms with Crippen LogP contribution < -0.4 is 5.32 Å². The Morgan fingerprint density at radius 2 is 1.62 bits per heavy atom. The molecular weight excluding hydrogens is 430 g/mol. The molecule has 3 aromatic rings. The predicted molar refractivity (Wildman–Crippen MR) is 130 cm³/mol. The molecule has 2 aromatic carbocycles. The van der Waals surface area contributed by atoms with Crippen LogP contribution in [0.25, 0.3) is 0 Å². The van der Waals surface area contributed by atoms with Gasteiger partial charge in [-0.05, 0) is 38.3 Å². The van der Waals surface area contributed by atoms with E-state index in [0.29, 0.717) is 6.54 Å². The van der Waals surface area contributed by atoms with Gasteiger partial charge in [-0.25, -0.2) is 9.78 Å². The number of esters is 2. The van der Waals surface area contributed by atoms with Crippen molar-refractivity contribution in [3.63, 3.8) is 0 Å². The zero-order chi connectivity index (χ0) is 24.4. The number of hydrogen-bond donors (Lipinski definition) is 1. The zero-order valence-electron chi connectivity index (χ0n) is 20.1. The lowest BCUT2D eigenvalue weighted by molar-refractivity contribution is -0.159. The lowest BCUT2D eigenvalue weighted by atomic mass is 10.1. The van der Waals surface area contributed by atoms with Gasteiger partial charge in [0.1, 0.15) is 18.2 Å². The highest BCUT2D eigenvalue weighted by atomic mass is 16.6. The first-order chi connectivity index (χ1) is 16.3. The van der Waals surface area contributed by atoms with Crippen molar-refractivity contribution in [2.24, 2.45) is 0 Å². The second kappa shape index (κ2) is 12.1. The maximum absolute atomic E-state index is 12.9. The third-order valence-corrected chi connectivity index (χ3v) is 5.04. The zero-order valence-corrected chi connectivity index (χ0v) is 20.1. The van der Waals surface area contributed by atoms with Crippen LogP contribution in [0.2, 0.25) is 0 Å². The number of aromatic nitrogens is 2. The third-order valence-electron chi connectivity index (χ3n) is 5.04. The Morgan fingerprint density at radius 3 is 2.26 bits per heavy atom. The molecule has 7 heteroatoms. The number of hydrogen-bond acceptors (Lipinski definition) is 6. The molecule has 1 N–H and O–H groups in total. The Morgan fingerprint density at radius 1 is 0.971 bits per heavy atom. The van der Waals surface area contributed by atoms with Crippen LogP contribution in [0.3, 0.4) is 0 Å². The molecule has 180 valence electrons. The van der Waals surface area contributed by atoms with Crippen LogP contribution in [0.1, 0.15) is 56.5 Å². The molecule has 7 nitrogen and oxygen atoms in total. The average molecular weight is 464 g/mol. The van der Waals surface area contributed by atoms with E-state index in [1.165, 1.54) is 5.56 Å². The van der Waals surface area contributed by atoms with Crippen LogP contribution in [0.5, 0.6) is 0 Å². The van der Waals surface area contributed by atoms with Crippen LogP contribution in [0, 0.1) is 0 Å². The van der Waals surface area contributed by atoms with Gasteiger partial charge in [0.05, 0.1) is 12.0 Å². The summed E-state index contributed by atoms with van der Waals surface area (Å²) >= 11 is 0. The topological polar surface area (TPSA) is 82.5 Å². The molecule has 0 bridgehead atoms. The highest BCUT2D eigenvalue weighted by molar-refractivity contribution is 5.76. The standard InChI is InChI=1S/C27H33N3O4/c1-27(2,3)34-26(32)24(14-15-25(31)33-19-22-12-8-5-9-13-22)30-18-23(29-20-30)17-28-16-21-10-6-4-7-11-21/h4-13,18,20,24,28H,14-17,19H2,1-3H3. The number of benzene rings is 2. The van der Waals surface area contributed by atoms with E-state index in [1.54, 1.807) is 10.9 Å². The van der Waals surface area contributed by atoms with E-state index in [9.17, 15) is 9.59 Å². The molecule has 0 fully saturated rings. The Labute approximate surface area is 201 Å². The van der Waals surface area contributed by atoms with Crippen molar-refractivity contribution in [3.8, 4) is 0 Å². The maximum Gasteiger partial charge on any atom is 0.329 e. The van der Waals surface area contributed by atoms with Crippen molar-refractivity contribution < 1.29 is 19.1 Å². The van der Waals surface area contributed by atoms with Gasteiger partial charge >= 0.3 is 11.9 Å². The Kier molecular flexibility index (Phi) is 8.99. The van der Waals surface area contributed by atoms with E-state index < -0.39 is 17.6 Å². The number of ether oxygens (including phenoxy) is 2. The molecule has 34 heavy (non-hydrogen) atoms. The summed E-state index contributed by atoms with van der Waals surface area (Å²) < 4.78 is 12.7. The predicted octanol–water partition coefficient (Wildman–Crippen LogP) is 4.58. The summed E-state index contributed by atoms with van der Waals surface area (Å²) in [4.78, 5) is 29.7. The number of nitrogens with zero attached hydrogens (tertiary/aromatic N) is 2. The van der Waals surface area contributed by atoms with Gasteiger partial charge < -0.3 is 19.4 Å². The Balaban J connectivity index is 1.58. The summed E-state index contributed by atoms with van der Waals surface area (Å²) in [5, 5.41) is 3.35. The van der Waals surface area contributed by atoms with E-state index in [1.807, 2.05) is 75.5 Å². The van der Waals surface area contributed by atoms with Crippen LogP contribution in [0.4, 0.5) is 0 Å². The van der Waals surface area contributed by atoms with Crippen molar-refractivity contribution in [3.05, 3.63) is 90.0 Å². The van der Waals surface area contributed by atoms with Crippen LogP contribution >= 0.6 is 0 Å². The highest BCUT2D eigenvalue weighted by Crippen LogP contribution is 2.21. The van der Waals surface area contributed by atoms with E-state index in [2.05, 4.69) is 22.4 Å². The molecule has 1 atom stereocenters. The first-order valence-electron chi connectivity index (χ1n) is 11.5. The molecule has 0 radical (unpaired) electrons. The molecule has 1 heterocycles. The number of rotatable bonds is 11. The number of nitrogens with one attached hydrogen (secondary N) is 1. The number of imidazole rings is 1. The van der Waals surface area contributed by atoms with Crippen LogP contribution in [0.15, 0.2) is 73.2 Å². The summed E-state index contributed by atoms with van der Waals surface area (Å²) in [6.45, 7) is 6.95. The summed E-state index contributed by atoms with van der Waals surface area (Å²) in [7, 11) is 0. The first-order valence-corrected chi connectivity index (χ1v) is 11.5. The monoisotopic (exact) mass is 463 g/mol. The van der Waals surface area contributed by atoms with Gasteiger partial charge in [-0.1, -0.05) is 60.7 Å². The molecule has 1 unspecified atom stereocenters. The molecule has 0 saturated heterocycles. The summed E-state index contributed by atoms with van der Waals surface area (Å²) in [6, 6.07) is 18.9. The lowest BCUT2D eigenvalue weighted by Crippen LogP contribution is -2.30. The SMILES string of the molecule is CC(C)(C)OC(=O)C(CCC(=O)OCc1ccccc1)n1cnc(CNCc2ccccc2)c1. The van der Waals surface area contributed by atoms with Gasteiger partial charge in [0.25, 0.3) is 0 Å². The summed E-state index contributed by atoms with van der Waals surface area (Å²) in [5.41, 5.74) is 2.27. The van der Waals surface area contributed by atoms with Crippen molar-refractivity contribution in [1.82, 2.24) is 14.9 Å². The van der Waals surface area contributed by atoms with Gasteiger partial charge in [-0.2, -0.15) is 0 Å². The van der Waals surface area contributed by atoms with Gasteiger partial charge in [0.2, 0.25) is 0 Å². The number of carbonyl (C=O) groups is 2. The minimum atomic E-state index is -0.668. The fourth-order valence-corrected chi connectivity index (χ4v) is 3.40. The molecule has 1 aromatic heterocycles. The summed E-state index contributed by atoms with van der Waals surface area (Å²) in [6.07, 6.45) is 3.79. The lowest BCUT2D eigenvalue weighted by Gasteiger charge is -2.24. The molecule has 0 amide bonds. The molecular formula is C27H33N3O4. The quantitative estimate of drug-likeness (QED) is 0.419. The molecule has 3 rings (SSSR count). The minimum Gasteiger partial charge on any atom is -0.461 e. The number of carbonyl (C=O) groups excluding carboxylic acids is 2. The first kappa shape index (κ1) is 25.2. The molecule has 0 aliphatic carbocycles. The van der Waals surface area contributed by atoms with E-state index >= 15 is 0 Å².